The number of halogens is 2. The number of nitriles is 1. The van der Waals surface area contributed by atoms with E-state index in [1.165, 1.54) is 6.07 Å². The van der Waals surface area contributed by atoms with Crippen LogP contribution in [0, 0.1) is 27.7 Å². The molecule has 1 heterocycles. The highest BCUT2D eigenvalue weighted by molar-refractivity contribution is 7.71. The third-order valence-corrected chi connectivity index (χ3v) is 4.04. The van der Waals surface area contributed by atoms with Crippen molar-refractivity contribution in [2.45, 2.75) is 25.3 Å². The summed E-state index contributed by atoms with van der Waals surface area (Å²) in [5.41, 5.74) is 1.68. The maximum Gasteiger partial charge on any atom is 0.178 e. The number of hydrogen-bond donors (Lipinski definition) is 1. The summed E-state index contributed by atoms with van der Waals surface area (Å²) in [6.07, 6.45) is 3.23. The molecular weight excluding hydrogens is 280 g/mol. The maximum atomic E-state index is 13.7. The Morgan fingerprint density at radius 1 is 1.40 bits per heavy atom. The van der Waals surface area contributed by atoms with Gasteiger partial charge in [0.25, 0.3) is 0 Å². The number of nitrogens with zero attached hydrogens (tertiary/aromatic N) is 2. The molecule has 0 unspecified atom stereocenters. The van der Waals surface area contributed by atoms with Gasteiger partial charge in [-0.3, -0.25) is 0 Å². The van der Waals surface area contributed by atoms with E-state index >= 15 is 0 Å². The number of nitrogens with one attached hydrogen (secondary N) is 1. The van der Waals surface area contributed by atoms with E-state index in [2.05, 4.69) is 11.1 Å². The standard InChI is InChI=1S/C14H11F2N3S/c15-9-3-8-4-10(1-2-12(8)13(16)5-9)19-11(6-17)7-18-14(19)20/h3,5,7,10H,1-2,4H2,(H,18,20)/t10-/m0/s1. The predicted molar refractivity (Wildman–Crippen MR) is 71.8 cm³/mol. The minimum absolute atomic E-state index is 0.0444. The van der Waals surface area contributed by atoms with Gasteiger partial charge in [-0.05, 0) is 48.7 Å². The van der Waals surface area contributed by atoms with Crippen molar-refractivity contribution in [3.63, 3.8) is 0 Å². The minimum Gasteiger partial charge on any atom is -0.336 e. The molecule has 3 nitrogen and oxygen atoms in total. The normalized spacial score (nSPS) is 17.6. The van der Waals surface area contributed by atoms with Crippen LogP contribution in [0.15, 0.2) is 18.3 Å². The molecule has 1 aliphatic carbocycles. The average molecular weight is 291 g/mol. The first kappa shape index (κ1) is 13.0. The predicted octanol–water partition coefficient (Wildman–Crippen LogP) is 3.43. The smallest absolute Gasteiger partial charge is 0.178 e. The van der Waals surface area contributed by atoms with Crippen LogP contribution in [0.2, 0.25) is 0 Å². The first-order chi connectivity index (χ1) is 9.60. The number of benzene rings is 1. The fourth-order valence-corrected chi connectivity index (χ4v) is 3.14. The maximum absolute atomic E-state index is 13.7. The second kappa shape index (κ2) is 4.84. The van der Waals surface area contributed by atoms with E-state index in [0.29, 0.717) is 40.9 Å². The van der Waals surface area contributed by atoms with Crippen LogP contribution >= 0.6 is 12.2 Å². The Labute approximate surface area is 119 Å². The van der Waals surface area contributed by atoms with E-state index in [1.54, 1.807) is 10.8 Å². The topological polar surface area (TPSA) is 44.5 Å². The molecule has 1 aromatic heterocycles. The quantitative estimate of drug-likeness (QED) is 0.818. The monoisotopic (exact) mass is 291 g/mol. The Morgan fingerprint density at radius 3 is 2.95 bits per heavy atom. The zero-order valence-corrected chi connectivity index (χ0v) is 11.3. The number of H-pyrrole nitrogens is 1. The average Bonchev–Trinajstić information content (AvgIpc) is 2.78. The molecule has 0 aliphatic heterocycles. The third-order valence-electron chi connectivity index (χ3n) is 3.73. The molecule has 2 aromatic rings. The summed E-state index contributed by atoms with van der Waals surface area (Å²) >= 11 is 5.18. The SMILES string of the molecule is N#Cc1c[nH]c(=S)n1[C@H]1CCc2c(F)cc(F)cc2C1. The van der Waals surface area contributed by atoms with Gasteiger partial charge in [0.15, 0.2) is 4.77 Å². The van der Waals surface area contributed by atoms with Gasteiger partial charge in [0.1, 0.15) is 23.4 Å². The Morgan fingerprint density at radius 2 is 2.20 bits per heavy atom. The van der Waals surface area contributed by atoms with Crippen LogP contribution in [-0.2, 0) is 12.8 Å². The number of imidazole rings is 1. The lowest BCUT2D eigenvalue weighted by Gasteiger charge is -2.26. The number of hydrogen-bond acceptors (Lipinski definition) is 2. The molecule has 1 N–H and O–H groups in total. The van der Waals surface area contributed by atoms with Gasteiger partial charge >= 0.3 is 0 Å². The van der Waals surface area contributed by atoms with Crippen LogP contribution in [0.4, 0.5) is 8.78 Å². The lowest BCUT2D eigenvalue weighted by Crippen LogP contribution is -2.21. The van der Waals surface area contributed by atoms with Crippen molar-refractivity contribution in [3.05, 3.63) is 51.6 Å². The van der Waals surface area contributed by atoms with Crippen molar-refractivity contribution in [2.24, 2.45) is 0 Å². The van der Waals surface area contributed by atoms with Crippen LogP contribution in [0.3, 0.4) is 0 Å². The van der Waals surface area contributed by atoms with Gasteiger partial charge in [-0.1, -0.05) is 0 Å². The molecule has 1 aromatic carbocycles. The second-order valence-corrected chi connectivity index (χ2v) is 5.27. The molecule has 0 spiro atoms. The first-order valence-electron chi connectivity index (χ1n) is 6.27. The molecule has 20 heavy (non-hydrogen) atoms. The molecule has 0 amide bonds. The van der Waals surface area contributed by atoms with Gasteiger partial charge in [0, 0.05) is 18.3 Å². The van der Waals surface area contributed by atoms with Crippen LogP contribution < -0.4 is 0 Å². The van der Waals surface area contributed by atoms with E-state index in [0.717, 1.165) is 6.07 Å². The molecular formula is C14H11F2N3S. The van der Waals surface area contributed by atoms with Crippen molar-refractivity contribution in [1.29, 1.82) is 5.26 Å². The van der Waals surface area contributed by atoms with E-state index in [-0.39, 0.29) is 6.04 Å². The summed E-state index contributed by atoms with van der Waals surface area (Å²) in [5, 5.41) is 9.09. The summed E-state index contributed by atoms with van der Waals surface area (Å²) in [7, 11) is 0. The van der Waals surface area contributed by atoms with Crippen LogP contribution in [0.1, 0.15) is 29.3 Å². The van der Waals surface area contributed by atoms with Crippen molar-refractivity contribution in [1.82, 2.24) is 9.55 Å². The zero-order valence-electron chi connectivity index (χ0n) is 10.5. The number of fused-ring (bicyclic) bond motifs is 1. The van der Waals surface area contributed by atoms with Gasteiger partial charge in [-0.15, -0.1) is 0 Å². The van der Waals surface area contributed by atoms with E-state index in [1.807, 2.05) is 0 Å². The van der Waals surface area contributed by atoms with E-state index < -0.39 is 11.6 Å². The largest absolute Gasteiger partial charge is 0.336 e. The molecule has 3 rings (SSSR count). The summed E-state index contributed by atoms with van der Waals surface area (Å²) in [4.78, 5) is 2.84. The molecule has 102 valence electrons. The lowest BCUT2D eigenvalue weighted by atomic mass is 9.87. The number of aromatic amines is 1. The molecule has 0 saturated carbocycles. The highest BCUT2D eigenvalue weighted by Gasteiger charge is 2.25. The van der Waals surface area contributed by atoms with Gasteiger partial charge in [-0.25, -0.2) is 8.78 Å². The summed E-state index contributed by atoms with van der Waals surface area (Å²) in [6, 6.07) is 4.32. The molecule has 0 radical (unpaired) electrons. The number of aromatic nitrogens is 2. The Bertz CT molecular complexity index is 770. The summed E-state index contributed by atoms with van der Waals surface area (Å²) in [6.45, 7) is 0. The molecule has 6 heteroatoms. The second-order valence-electron chi connectivity index (χ2n) is 4.88. The fourth-order valence-electron chi connectivity index (χ4n) is 2.83. The third kappa shape index (κ3) is 2.04. The van der Waals surface area contributed by atoms with Gasteiger partial charge < -0.3 is 9.55 Å². The zero-order chi connectivity index (χ0) is 14.3. The van der Waals surface area contributed by atoms with E-state index in [9.17, 15) is 8.78 Å². The highest BCUT2D eigenvalue weighted by Crippen LogP contribution is 2.32. The number of rotatable bonds is 1. The Balaban J connectivity index is 2.03. The van der Waals surface area contributed by atoms with Crippen molar-refractivity contribution >= 4 is 12.2 Å². The van der Waals surface area contributed by atoms with Crippen LogP contribution in [0.5, 0.6) is 0 Å². The lowest BCUT2D eigenvalue weighted by molar-refractivity contribution is 0.423. The molecule has 0 saturated heterocycles. The van der Waals surface area contributed by atoms with Gasteiger partial charge in [0.05, 0.1) is 0 Å². The highest BCUT2D eigenvalue weighted by atomic mass is 32.1. The first-order valence-corrected chi connectivity index (χ1v) is 6.68. The van der Waals surface area contributed by atoms with Crippen molar-refractivity contribution < 1.29 is 8.78 Å². The molecule has 0 bridgehead atoms. The molecule has 1 atom stereocenters. The van der Waals surface area contributed by atoms with Crippen molar-refractivity contribution in [3.8, 4) is 6.07 Å². The van der Waals surface area contributed by atoms with Crippen LogP contribution in [0.25, 0.3) is 0 Å². The summed E-state index contributed by atoms with van der Waals surface area (Å²) in [5.74, 6) is -1.06. The van der Waals surface area contributed by atoms with Crippen LogP contribution in [-0.4, -0.2) is 9.55 Å². The molecule has 1 aliphatic rings. The minimum atomic E-state index is -0.569. The fraction of sp³-hybridized carbons (Fsp3) is 0.286. The van der Waals surface area contributed by atoms with E-state index in [4.69, 9.17) is 17.5 Å². The molecule has 0 fully saturated rings. The summed E-state index contributed by atoms with van der Waals surface area (Å²) < 4.78 is 29.2. The van der Waals surface area contributed by atoms with Gasteiger partial charge in [-0.2, -0.15) is 5.26 Å². The van der Waals surface area contributed by atoms with Gasteiger partial charge in [0.2, 0.25) is 0 Å². The Kier molecular flexibility index (Phi) is 3.14. The Hall–Kier alpha value is -2.00. The van der Waals surface area contributed by atoms with Crippen molar-refractivity contribution in [2.75, 3.05) is 0 Å².